The molecule has 0 radical (unpaired) electrons. The maximum absolute atomic E-state index is 13.7. The van der Waals surface area contributed by atoms with Crippen molar-refractivity contribution in [3.8, 4) is 11.1 Å². The fraction of sp³-hybridized carbons (Fsp3) is 0.350. The highest BCUT2D eigenvalue weighted by molar-refractivity contribution is 5.92. The van der Waals surface area contributed by atoms with E-state index in [9.17, 15) is 27.5 Å². The fourth-order valence-electron chi connectivity index (χ4n) is 3.27. The lowest BCUT2D eigenvalue weighted by molar-refractivity contribution is 0.0694. The number of rotatable bonds is 7. The van der Waals surface area contributed by atoms with Crippen LogP contribution in [-0.4, -0.2) is 17.2 Å². The molecule has 0 aromatic heterocycles. The third kappa shape index (κ3) is 4.23. The first-order valence-electron chi connectivity index (χ1n) is 8.41. The molecule has 1 N–H and O–H groups in total. The second kappa shape index (κ2) is 8.34. The maximum Gasteiger partial charge on any atom is 0.335 e. The van der Waals surface area contributed by atoms with Crippen molar-refractivity contribution in [2.24, 2.45) is 0 Å². The average molecular weight is 368 g/mol. The number of hydrogen-bond acceptors (Lipinski definition) is 1. The Bertz CT molecular complexity index is 779. The quantitative estimate of drug-likeness (QED) is 0.473. The summed E-state index contributed by atoms with van der Waals surface area (Å²) in [4.78, 5) is 11.7. The Labute approximate surface area is 149 Å². The molecule has 0 saturated carbocycles. The van der Waals surface area contributed by atoms with Gasteiger partial charge in [-0.05, 0) is 60.6 Å². The predicted octanol–water partition coefficient (Wildman–Crippen LogP) is 6.10. The van der Waals surface area contributed by atoms with Gasteiger partial charge in [-0.15, -0.1) is 0 Å². The molecule has 0 aliphatic heterocycles. The zero-order chi connectivity index (χ0) is 19.4. The molecule has 6 heteroatoms. The van der Waals surface area contributed by atoms with Gasteiger partial charge in [-0.25, -0.2) is 22.4 Å². The van der Waals surface area contributed by atoms with Crippen LogP contribution >= 0.6 is 0 Å². The van der Waals surface area contributed by atoms with Crippen LogP contribution in [0.4, 0.5) is 17.6 Å². The number of alkyl halides is 1. The summed E-state index contributed by atoms with van der Waals surface area (Å²) in [6.45, 7) is 3.26. The van der Waals surface area contributed by atoms with E-state index < -0.39 is 35.5 Å². The van der Waals surface area contributed by atoms with E-state index in [1.54, 1.807) is 0 Å². The smallest absolute Gasteiger partial charge is 0.335 e. The molecular weight excluding hydrogens is 348 g/mol. The highest BCUT2D eigenvalue weighted by Gasteiger charge is 2.25. The number of carbonyl (C=O) groups is 1. The van der Waals surface area contributed by atoms with Gasteiger partial charge < -0.3 is 5.11 Å². The standard InChI is InChI=1S/C20H20F4O2/c1-3-5-12(8-11(2)21)18-14(6-4-7-15(18)20(25)26)13-9-16(22)19(24)17(23)10-13/h4,6-7,9-12H,3,5,8H2,1-2H3,(H,25,26). The SMILES string of the molecule is CCCC(CC(C)F)c1c(C(=O)O)cccc1-c1cc(F)c(F)c(F)c1. The van der Waals surface area contributed by atoms with Crippen LogP contribution in [0.15, 0.2) is 30.3 Å². The molecule has 2 nitrogen and oxygen atoms in total. The lowest BCUT2D eigenvalue weighted by atomic mass is 9.82. The maximum atomic E-state index is 13.7. The molecule has 0 spiro atoms. The van der Waals surface area contributed by atoms with Crippen LogP contribution in [-0.2, 0) is 0 Å². The highest BCUT2D eigenvalue weighted by atomic mass is 19.2. The Morgan fingerprint density at radius 1 is 1.15 bits per heavy atom. The summed E-state index contributed by atoms with van der Waals surface area (Å²) < 4.78 is 54.4. The number of halogens is 4. The molecular formula is C20H20F4O2. The number of aromatic carboxylic acids is 1. The van der Waals surface area contributed by atoms with E-state index >= 15 is 0 Å². The van der Waals surface area contributed by atoms with Gasteiger partial charge in [0.15, 0.2) is 17.5 Å². The van der Waals surface area contributed by atoms with Crippen LogP contribution in [0.5, 0.6) is 0 Å². The number of carboxylic acids is 1. The molecule has 0 aliphatic rings. The van der Waals surface area contributed by atoms with Gasteiger partial charge in [0.2, 0.25) is 0 Å². The first-order valence-corrected chi connectivity index (χ1v) is 8.41. The second-order valence-corrected chi connectivity index (χ2v) is 6.33. The van der Waals surface area contributed by atoms with Gasteiger partial charge in [-0.1, -0.05) is 25.5 Å². The van der Waals surface area contributed by atoms with E-state index in [1.165, 1.54) is 25.1 Å². The molecule has 2 rings (SSSR count). The summed E-state index contributed by atoms with van der Waals surface area (Å²) in [6, 6.07) is 5.99. The van der Waals surface area contributed by atoms with Gasteiger partial charge >= 0.3 is 5.97 Å². The summed E-state index contributed by atoms with van der Waals surface area (Å²) >= 11 is 0. The van der Waals surface area contributed by atoms with Crippen molar-refractivity contribution in [3.63, 3.8) is 0 Å². The molecule has 140 valence electrons. The Hall–Kier alpha value is -2.37. The molecule has 0 fully saturated rings. The van der Waals surface area contributed by atoms with Crippen LogP contribution in [0.1, 0.15) is 54.9 Å². The molecule has 0 bridgehead atoms. The van der Waals surface area contributed by atoms with Crippen molar-refractivity contribution in [3.05, 3.63) is 58.9 Å². The molecule has 0 amide bonds. The molecule has 26 heavy (non-hydrogen) atoms. The average Bonchev–Trinajstić information content (AvgIpc) is 2.57. The minimum Gasteiger partial charge on any atom is -0.478 e. The topological polar surface area (TPSA) is 37.3 Å². The van der Waals surface area contributed by atoms with Crippen LogP contribution in [0.3, 0.4) is 0 Å². The molecule has 2 aromatic rings. The zero-order valence-electron chi connectivity index (χ0n) is 14.5. The lowest BCUT2D eigenvalue weighted by Crippen LogP contribution is -2.13. The van der Waals surface area contributed by atoms with Gasteiger partial charge in [0.05, 0.1) is 11.7 Å². The third-order valence-corrected chi connectivity index (χ3v) is 4.29. The van der Waals surface area contributed by atoms with E-state index in [1.807, 2.05) is 6.92 Å². The highest BCUT2D eigenvalue weighted by Crippen LogP contribution is 2.38. The van der Waals surface area contributed by atoms with Crippen LogP contribution in [0.25, 0.3) is 11.1 Å². The summed E-state index contributed by atoms with van der Waals surface area (Å²) in [7, 11) is 0. The van der Waals surface area contributed by atoms with Gasteiger partial charge in [-0.2, -0.15) is 0 Å². The molecule has 2 aromatic carbocycles. The minimum absolute atomic E-state index is 0.0205. The minimum atomic E-state index is -1.59. The normalized spacial score (nSPS) is 13.5. The van der Waals surface area contributed by atoms with E-state index in [-0.39, 0.29) is 23.1 Å². The Kier molecular flexibility index (Phi) is 6.40. The van der Waals surface area contributed by atoms with E-state index in [0.29, 0.717) is 18.4 Å². The van der Waals surface area contributed by atoms with Crippen molar-refractivity contribution in [1.29, 1.82) is 0 Å². The molecule has 0 saturated heterocycles. The summed E-state index contributed by atoms with van der Waals surface area (Å²) in [5.41, 5.74) is 0.553. The molecule has 2 atom stereocenters. The van der Waals surface area contributed by atoms with Gasteiger partial charge in [0, 0.05) is 0 Å². The third-order valence-electron chi connectivity index (χ3n) is 4.29. The summed E-state index contributed by atoms with van der Waals surface area (Å²) in [6.07, 6.45) is 0.0919. The first kappa shape index (κ1) is 19.9. The Morgan fingerprint density at radius 2 is 1.77 bits per heavy atom. The van der Waals surface area contributed by atoms with E-state index in [4.69, 9.17) is 0 Å². The Balaban J connectivity index is 2.73. The number of carboxylic acid groups (broad SMARTS) is 1. The van der Waals surface area contributed by atoms with Crippen LogP contribution < -0.4 is 0 Å². The van der Waals surface area contributed by atoms with Gasteiger partial charge in [-0.3, -0.25) is 0 Å². The predicted molar refractivity (Wildman–Crippen MR) is 91.5 cm³/mol. The fourth-order valence-corrected chi connectivity index (χ4v) is 3.27. The van der Waals surface area contributed by atoms with E-state index in [2.05, 4.69) is 0 Å². The van der Waals surface area contributed by atoms with Crippen LogP contribution in [0.2, 0.25) is 0 Å². The van der Waals surface area contributed by atoms with E-state index in [0.717, 1.165) is 12.1 Å². The lowest BCUT2D eigenvalue weighted by Gasteiger charge is -2.23. The van der Waals surface area contributed by atoms with Gasteiger partial charge in [0.1, 0.15) is 0 Å². The number of hydrogen-bond donors (Lipinski definition) is 1. The zero-order valence-corrected chi connectivity index (χ0v) is 14.5. The van der Waals surface area contributed by atoms with Crippen molar-refractivity contribution in [2.45, 2.75) is 45.2 Å². The monoisotopic (exact) mass is 368 g/mol. The molecule has 0 heterocycles. The van der Waals surface area contributed by atoms with Crippen molar-refractivity contribution in [2.75, 3.05) is 0 Å². The largest absolute Gasteiger partial charge is 0.478 e. The van der Waals surface area contributed by atoms with Crippen molar-refractivity contribution >= 4 is 5.97 Å². The van der Waals surface area contributed by atoms with Gasteiger partial charge in [0.25, 0.3) is 0 Å². The Morgan fingerprint density at radius 3 is 2.27 bits per heavy atom. The molecule has 2 unspecified atom stereocenters. The van der Waals surface area contributed by atoms with Crippen LogP contribution in [0, 0.1) is 17.5 Å². The van der Waals surface area contributed by atoms with Crippen molar-refractivity contribution < 1.29 is 27.5 Å². The summed E-state index contributed by atoms with van der Waals surface area (Å²) in [5.74, 6) is -5.97. The molecule has 0 aliphatic carbocycles. The van der Waals surface area contributed by atoms with Crippen molar-refractivity contribution in [1.82, 2.24) is 0 Å². The first-order chi connectivity index (χ1) is 12.3. The second-order valence-electron chi connectivity index (χ2n) is 6.33. The summed E-state index contributed by atoms with van der Waals surface area (Å²) in [5, 5.41) is 9.54. The number of benzene rings is 2.